The van der Waals surface area contributed by atoms with Gasteiger partial charge in [0.15, 0.2) is 0 Å². The van der Waals surface area contributed by atoms with Gasteiger partial charge in [0.2, 0.25) is 0 Å². The number of para-hydroxylation sites is 2. The molecule has 8 nitrogen and oxygen atoms in total. The number of amides is 1. The van der Waals surface area contributed by atoms with Crippen LogP contribution < -0.4 is 4.74 Å². The fourth-order valence-electron chi connectivity index (χ4n) is 6.02. The Balaban J connectivity index is 1.32. The van der Waals surface area contributed by atoms with E-state index in [1.807, 2.05) is 42.5 Å². The van der Waals surface area contributed by atoms with Crippen molar-refractivity contribution in [1.82, 2.24) is 9.99 Å². The second-order valence-electron chi connectivity index (χ2n) is 10.3. The maximum absolute atomic E-state index is 14.1. The number of phenols is 3. The second-order valence-corrected chi connectivity index (χ2v) is 11.3. The molecule has 0 radical (unpaired) electrons. The first-order valence-electron chi connectivity index (χ1n) is 13.5. The van der Waals surface area contributed by atoms with Crippen LogP contribution in [0.15, 0.2) is 108 Å². The number of thiazole rings is 1. The second kappa shape index (κ2) is 9.17. The van der Waals surface area contributed by atoms with Crippen molar-refractivity contribution in [2.24, 2.45) is 5.10 Å². The van der Waals surface area contributed by atoms with E-state index in [4.69, 9.17) is 9.84 Å². The summed E-state index contributed by atoms with van der Waals surface area (Å²) in [7, 11) is 0. The maximum Gasteiger partial charge on any atom is 0.275 e. The number of nitrogens with zero attached hydrogens (tertiary/aromatic N) is 3. The molecule has 0 aliphatic carbocycles. The average molecular weight is 584 g/mol. The third-order valence-electron chi connectivity index (χ3n) is 7.89. The van der Waals surface area contributed by atoms with Crippen molar-refractivity contribution in [2.75, 3.05) is 0 Å². The number of carbonyl (C=O) groups excluding carboxylic acids is 1. The number of rotatable bonds is 3. The summed E-state index contributed by atoms with van der Waals surface area (Å²) in [6, 6.07) is 29.8. The quantitative estimate of drug-likeness (QED) is 0.194. The lowest BCUT2D eigenvalue weighted by atomic mass is 9.75. The molecule has 1 spiro atoms. The number of fused-ring (bicyclic) bond motifs is 7. The minimum Gasteiger partial charge on any atom is -0.508 e. The van der Waals surface area contributed by atoms with E-state index in [1.54, 1.807) is 36.4 Å². The summed E-state index contributed by atoms with van der Waals surface area (Å²) in [5, 5.41) is 38.8. The van der Waals surface area contributed by atoms with Gasteiger partial charge in [-0.15, -0.1) is 11.3 Å². The number of benzene rings is 5. The van der Waals surface area contributed by atoms with E-state index in [9.17, 15) is 20.1 Å². The first-order chi connectivity index (χ1) is 20.9. The average Bonchev–Trinajstić information content (AvgIpc) is 3.54. The van der Waals surface area contributed by atoms with Crippen LogP contribution in [0.2, 0.25) is 0 Å². The van der Waals surface area contributed by atoms with Gasteiger partial charge in [0.05, 0.1) is 22.0 Å². The molecule has 0 unspecified atom stereocenters. The van der Waals surface area contributed by atoms with Gasteiger partial charge in [0.25, 0.3) is 5.91 Å². The van der Waals surface area contributed by atoms with E-state index in [-0.39, 0.29) is 23.2 Å². The van der Waals surface area contributed by atoms with Crippen molar-refractivity contribution >= 4 is 33.7 Å². The lowest BCUT2D eigenvalue weighted by Gasteiger charge is -2.41. The molecule has 0 saturated heterocycles. The van der Waals surface area contributed by atoms with E-state index in [0.29, 0.717) is 49.9 Å². The Morgan fingerprint density at radius 1 is 0.767 bits per heavy atom. The Labute approximate surface area is 249 Å². The molecule has 5 aromatic carbocycles. The number of ether oxygens (including phenoxy) is 1. The molecule has 3 heterocycles. The molecule has 2 aliphatic heterocycles. The minimum atomic E-state index is -1.28. The molecule has 8 rings (SSSR count). The Hall–Kier alpha value is -5.67. The van der Waals surface area contributed by atoms with Crippen molar-refractivity contribution in [1.29, 1.82) is 0 Å². The monoisotopic (exact) mass is 583 g/mol. The van der Waals surface area contributed by atoms with Gasteiger partial charge in [-0.05, 0) is 54.6 Å². The summed E-state index contributed by atoms with van der Waals surface area (Å²) in [5.41, 5.74) is 2.83. The number of phenolic OH excluding ortho intramolecular Hbond substituents is 3. The van der Waals surface area contributed by atoms with Crippen LogP contribution in [-0.4, -0.2) is 37.4 Å². The molecule has 0 bridgehead atoms. The van der Waals surface area contributed by atoms with Crippen LogP contribution in [0.1, 0.15) is 32.6 Å². The third-order valence-corrected chi connectivity index (χ3v) is 8.96. The van der Waals surface area contributed by atoms with E-state index in [2.05, 4.69) is 4.98 Å². The van der Waals surface area contributed by atoms with E-state index in [0.717, 1.165) is 10.2 Å². The number of aromatic nitrogens is 1. The van der Waals surface area contributed by atoms with Crippen molar-refractivity contribution in [2.45, 2.75) is 5.54 Å². The Morgan fingerprint density at radius 2 is 1.44 bits per heavy atom. The van der Waals surface area contributed by atoms with Crippen LogP contribution in [0.5, 0.6) is 28.7 Å². The van der Waals surface area contributed by atoms with Gasteiger partial charge in [-0.2, -0.15) is 5.10 Å². The zero-order valence-corrected chi connectivity index (χ0v) is 23.1. The van der Waals surface area contributed by atoms with Crippen molar-refractivity contribution < 1.29 is 24.9 Å². The standard InChI is InChI=1S/C34H21N3O5S/c38-20-12-14-25-28(16-20)42-29-17-21(39)13-15-26(29)34(25)24-9-2-1-7-22(24)33(41)37(34)35-18-19-6-5-8-23(31(19)40)32-36-27-10-3-4-11-30(27)43-32/h1-18,38-40H/b35-18+. The van der Waals surface area contributed by atoms with E-state index >= 15 is 0 Å². The summed E-state index contributed by atoms with van der Waals surface area (Å²) in [6.07, 6.45) is 1.47. The number of hydrogen-bond acceptors (Lipinski definition) is 8. The lowest BCUT2D eigenvalue weighted by Crippen LogP contribution is -2.44. The molecular formula is C34H21N3O5S. The third kappa shape index (κ3) is 3.58. The summed E-state index contributed by atoms with van der Waals surface area (Å²) < 4.78 is 7.15. The molecule has 2 aliphatic rings. The van der Waals surface area contributed by atoms with Gasteiger partial charge in [-0.3, -0.25) is 4.79 Å². The van der Waals surface area contributed by atoms with Crippen LogP contribution in [-0.2, 0) is 5.54 Å². The maximum atomic E-state index is 14.1. The highest BCUT2D eigenvalue weighted by atomic mass is 32.1. The normalized spacial score (nSPS) is 14.6. The van der Waals surface area contributed by atoms with Gasteiger partial charge < -0.3 is 20.1 Å². The summed E-state index contributed by atoms with van der Waals surface area (Å²) >= 11 is 1.48. The zero-order valence-electron chi connectivity index (χ0n) is 22.3. The summed E-state index contributed by atoms with van der Waals surface area (Å²) in [6.45, 7) is 0. The van der Waals surface area contributed by atoms with Crippen LogP contribution in [0.25, 0.3) is 20.8 Å². The van der Waals surface area contributed by atoms with Crippen molar-refractivity contribution in [3.05, 3.63) is 131 Å². The highest BCUT2D eigenvalue weighted by Crippen LogP contribution is 2.58. The topological polar surface area (TPSA) is 115 Å². The summed E-state index contributed by atoms with van der Waals surface area (Å²) in [5.74, 6) is 0.259. The molecule has 9 heteroatoms. The highest BCUT2D eigenvalue weighted by molar-refractivity contribution is 7.21. The molecule has 208 valence electrons. The van der Waals surface area contributed by atoms with Gasteiger partial charge in [0.1, 0.15) is 39.3 Å². The molecule has 6 aromatic rings. The lowest BCUT2D eigenvalue weighted by molar-refractivity contribution is 0.0675. The molecule has 0 fully saturated rings. The molecule has 0 atom stereocenters. The van der Waals surface area contributed by atoms with Crippen molar-refractivity contribution in [3.8, 4) is 39.3 Å². The molecule has 1 amide bonds. The van der Waals surface area contributed by atoms with Crippen molar-refractivity contribution in [3.63, 3.8) is 0 Å². The van der Waals surface area contributed by atoms with Crippen LogP contribution in [0, 0.1) is 0 Å². The van der Waals surface area contributed by atoms with E-state index < -0.39 is 5.54 Å². The van der Waals surface area contributed by atoms with Crippen LogP contribution in [0.4, 0.5) is 0 Å². The highest BCUT2D eigenvalue weighted by Gasteiger charge is 2.57. The first-order valence-corrected chi connectivity index (χ1v) is 14.3. The molecule has 0 saturated carbocycles. The SMILES string of the molecule is O=C1c2ccccc2C2(c3ccc(O)cc3Oc3cc(O)ccc32)N1/N=C/c1cccc(-c2nc3ccccc3s2)c1O. The Morgan fingerprint density at radius 3 is 2.19 bits per heavy atom. The largest absolute Gasteiger partial charge is 0.508 e. The number of hydrazone groups is 1. The summed E-state index contributed by atoms with van der Waals surface area (Å²) in [4.78, 5) is 18.8. The smallest absolute Gasteiger partial charge is 0.275 e. The van der Waals surface area contributed by atoms with Gasteiger partial charge in [-0.25, -0.2) is 9.99 Å². The number of hydrogen-bond donors (Lipinski definition) is 3. The first kappa shape index (κ1) is 25.1. The number of carbonyl (C=O) groups is 1. The molecular weight excluding hydrogens is 562 g/mol. The van der Waals surface area contributed by atoms with Crippen LogP contribution in [0.3, 0.4) is 0 Å². The number of aromatic hydroxyl groups is 3. The molecule has 1 aromatic heterocycles. The Kier molecular flexibility index (Phi) is 5.35. The predicted molar refractivity (Wildman–Crippen MR) is 163 cm³/mol. The minimum absolute atomic E-state index is 0.00820. The fraction of sp³-hybridized carbons (Fsp3) is 0.0294. The predicted octanol–water partition coefficient (Wildman–Crippen LogP) is 6.97. The molecule has 3 N–H and O–H groups in total. The fourth-order valence-corrected chi connectivity index (χ4v) is 7.01. The van der Waals surface area contributed by atoms with Crippen LogP contribution >= 0.6 is 11.3 Å². The van der Waals surface area contributed by atoms with Gasteiger partial charge >= 0.3 is 0 Å². The van der Waals surface area contributed by atoms with Gasteiger partial charge in [-0.1, -0.05) is 36.4 Å². The molecule has 43 heavy (non-hydrogen) atoms. The Bertz CT molecular complexity index is 2070. The zero-order chi connectivity index (χ0) is 29.3. The van der Waals surface area contributed by atoms with Gasteiger partial charge in [0, 0.05) is 39.9 Å². The van der Waals surface area contributed by atoms with E-state index in [1.165, 1.54) is 46.8 Å².